The van der Waals surface area contributed by atoms with Crippen molar-refractivity contribution in [2.45, 2.75) is 38.5 Å². The van der Waals surface area contributed by atoms with Crippen LogP contribution in [0.2, 0.25) is 0 Å². The van der Waals surface area contributed by atoms with Crippen LogP contribution in [0.5, 0.6) is 0 Å². The van der Waals surface area contributed by atoms with Gasteiger partial charge in [-0.25, -0.2) is 14.7 Å². The number of fused-ring (bicyclic) bond motifs is 1. The van der Waals surface area contributed by atoms with Crippen molar-refractivity contribution < 1.29 is 9.53 Å². The number of carbonyl (C=O) groups is 1. The van der Waals surface area contributed by atoms with E-state index in [2.05, 4.69) is 52.5 Å². The molecule has 1 saturated heterocycles. The fraction of sp³-hybridized carbons (Fsp3) is 0.222. The molecule has 5 rings (SSSR count). The van der Waals surface area contributed by atoms with Crippen molar-refractivity contribution in [3.63, 3.8) is 0 Å². The van der Waals surface area contributed by atoms with E-state index in [1.807, 2.05) is 56.3 Å². The molecule has 4 aromatic rings. The molecule has 0 bridgehead atoms. The maximum Gasteiger partial charge on any atom is 0.416 e. The summed E-state index contributed by atoms with van der Waals surface area (Å²) in [7, 11) is 0. The van der Waals surface area contributed by atoms with Crippen molar-refractivity contribution in [1.82, 2.24) is 9.97 Å². The molecule has 1 amide bonds. The van der Waals surface area contributed by atoms with Crippen LogP contribution < -0.4 is 10.2 Å². The third-order valence-electron chi connectivity index (χ3n) is 6.09. The quantitative estimate of drug-likeness (QED) is 0.397. The first-order chi connectivity index (χ1) is 15.9. The van der Waals surface area contributed by atoms with E-state index in [0.717, 1.165) is 11.1 Å². The van der Waals surface area contributed by atoms with Crippen LogP contribution >= 0.6 is 0 Å². The molecule has 166 valence electrons. The van der Waals surface area contributed by atoms with Gasteiger partial charge in [0.2, 0.25) is 5.95 Å². The number of amides is 1. The molecule has 1 aromatic heterocycles. The molecule has 0 spiro atoms. The zero-order valence-electron chi connectivity index (χ0n) is 18.9. The Morgan fingerprint density at radius 1 is 0.970 bits per heavy atom. The predicted octanol–water partition coefficient (Wildman–Crippen LogP) is 6.28. The zero-order chi connectivity index (χ0) is 23.0. The Labute approximate surface area is 193 Å². The highest BCUT2D eigenvalue weighted by Gasteiger charge is 2.49. The topological polar surface area (TPSA) is 67.4 Å². The van der Waals surface area contributed by atoms with Gasteiger partial charge in [-0.2, -0.15) is 4.98 Å². The fourth-order valence-electron chi connectivity index (χ4n) is 4.46. The van der Waals surface area contributed by atoms with Crippen molar-refractivity contribution in [2.75, 3.05) is 10.2 Å². The maximum absolute atomic E-state index is 12.9. The smallest absolute Gasteiger partial charge is 0.416 e. The van der Waals surface area contributed by atoms with Gasteiger partial charge in [0.25, 0.3) is 0 Å². The zero-order valence-corrected chi connectivity index (χ0v) is 18.9. The van der Waals surface area contributed by atoms with E-state index in [1.165, 1.54) is 10.8 Å². The highest BCUT2D eigenvalue weighted by atomic mass is 16.6. The maximum atomic E-state index is 12.9. The lowest BCUT2D eigenvalue weighted by Crippen LogP contribution is -2.34. The first-order valence-electron chi connectivity index (χ1n) is 11.1. The highest BCUT2D eigenvalue weighted by molar-refractivity contribution is 5.90. The first kappa shape index (κ1) is 20.9. The van der Waals surface area contributed by atoms with Crippen molar-refractivity contribution in [3.05, 3.63) is 96.2 Å². The highest BCUT2D eigenvalue weighted by Crippen LogP contribution is 2.43. The van der Waals surface area contributed by atoms with Gasteiger partial charge in [0.15, 0.2) is 0 Å². The van der Waals surface area contributed by atoms with Gasteiger partial charge in [0, 0.05) is 6.20 Å². The molecule has 2 atom stereocenters. The minimum atomic E-state index is -0.699. The number of benzene rings is 3. The standard InChI is InChI=1S/C27H26N4O2/c1-18(21-14-13-19-9-7-8-12-22(19)17-21)29-25-28-16-15-23(30-25)31-24(20-10-5-4-6-11-20)27(2,3)33-26(31)32/h4-18,24H,1-3H3,(H,28,29,30)/t18-,24+/m0/s1. The summed E-state index contributed by atoms with van der Waals surface area (Å²) in [5, 5.41) is 5.76. The monoisotopic (exact) mass is 438 g/mol. The second-order valence-electron chi connectivity index (χ2n) is 8.87. The number of hydrogen-bond acceptors (Lipinski definition) is 5. The number of rotatable bonds is 5. The Balaban J connectivity index is 1.44. The van der Waals surface area contributed by atoms with Crippen molar-refractivity contribution in [1.29, 1.82) is 0 Å². The Kier molecular flexibility index (Phi) is 5.21. The molecule has 1 aliphatic rings. The van der Waals surface area contributed by atoms with Gasteiger partial charge < -0.3 is 10.1 Å². The minimum absolute atomic E-state index is 0.0169. The number of anilines is 2. The Bertz CT molecular complexity index is 1310. The second-order valence-corrected chi connectivity index (χ2v) is 8.87. The summed E-state index contributed by atoms with van der Waals surface area (Å²) in [4.78, 5) is 23.6. The average molecular weight is 439 g/mol. The molecular weight excluding hydrogens is 412 g/mol. The van der Waals surface area contributed by atoms with Crippen molar-refractivity contribution in [3.8, 4) is 0 Å². The molecule has 1 aliphatic heterocycles. The third kappa shape index (κ3) is 4.00. The Morgan fingerprint density at radius 2 is 1.70 bits per heavy atom. The normalized spacial score (nSPS) is 18.2. The summed E-state index contributed by atoms with van der Waals surface area (Å²) in [6.07, 6.45) is 1.25. The number of carbonyl (C=O) groups excluding carboxylic acids is 1. The van der Waals surface area contributed by atoms with Crippen LogP contribution in [-0.4, -0.2) is 21.7 Å². The molecule has 0 radical (unpaired) electrons. The van der Waals surface area contributed by atoms with Gasteiger partial charge in [-0.3, -0.25) is 0 Å². The Hall–Kier alpha value is -3.93. The van der Waals surface area contributed by atoms with E-state index in [1.54, 1.807) is 17.2 Å². The molecule has 33 heavy (non-hydrogen) atoms. The lowest BCUT2D eigenvalue weighted by atomic mass is 9.91. The number of aromatic nitrogens is 2. The lowest BCUT2D eigenvalue weighted by molar-refractivity contribution is 0.0685. The Morgan fingerprint density at radius 3 is 2.48 bits per heavy atom. The van der Waals surface area contributed by atoms with Gasteiger partial charge in [-0.1, -0.05) is 66.7 Å². The van der Waals surface area contributed by atoms with E-state index in [0.29, 0.717) is 11.8 Å². The third-order valence-corrected chi connectivity index (χ3v) is 6.09. The number of nitrogens with one attached hydrogen (secondary N) is 1. The van der Waals surface area contributed by atoms with Gasteiger partial charge in [-0.05, 0) is 54.8 Å². The van der Waals surface area contributed by atoms with Crippen LogP contribution in [0.1, 0.15) is 44.0 Å². The molecule has 0 aliphatic carbocycles. The number of cyclic esters (lactones) is 1. The summed E-state index contributed by atoms with van der Waals surface area (Å²) in [5.41, 5.74) is 1.42. The lowest BCUT2D eigenvalue weighted by Gasteiger charge is -2.28. The summed E-state index contributed by atoms with van der Waals surface area (Å²) in [6, 6.07) is 26.0. The average Bonchev–Trinajstić information content (AvgIpc) is 3.07. The van der Waals surface area contributed by atoms with E-state index in [-0.39, 0.29) is 12.1 Å². The molecule has 6 heteroatoms. The minimum Gasteiger partial charge on any atom is -0.440 e. The van der Waals surface area contributed by atoms with Crippen molar-refractivity contribution in [2.24, 2.45) is 0 Å². The number of hydrogen-bond donors (Lipinski definition) is 1. The van der Waals surface area contributed by atoms with Gasteiger partial charge in [0.05, 0.1) is 6.04 Å². The number of nitrogens with zero attached hydrogens (tertiary/aromatic N) is 3. The van der Waals surface area contributed by atoms with E-state index < -0.39 is 11.7 Å². The van der Waals surface area contributed by atoms with E-state index >= 15 is 0 Å². The molecular formula is C27H26N4O2. The molecule has 0 unspecified atom stereocenters. The summed E-state index contributed by atoms with van der Waals surface area (Å²) < 4.78 is 5.72. The number of ether oxygens (including phenoxy) is 1. The summed E-state index contributed by atoms with van der Waals surface area (Å²) in [6.45, 7) is 5.91. The van der Waals surface area contributed by atoms with E-state index in [9.17, 15) is 4.79 Å². The summed E-state index contributed by atoms with van der Waals surface area (Å²) in [5.74, 6) is 0.958. The van der Waals surface area contributed by atoms with Crippen LogP contribution in [0.4, 0.5) is 16.6 Å². The second kappa shape index (κ2) is 8.20. The van der Waals surface area contributed by atoms with Crippen LogP contribution in [0.3, 0.4) is 0 Å². The van der Waals surface area contributed by atoms with Crippen LogP contribution in [-0.2, 0) is 4.74 Å². The van der Waals surface area contributed by atoms with Crippen LogP contribution in [0, 0.1) is 0 Å². The van der Waals surface area contributed by atoms with Crippen LogP contribution in [0.25, 0.3) is 10.8 Å². The van der Waals surface area contributed by atoms with Crippen molar-refractivity contribution >= 4 is 28.6 Å². The molecule has 0 saturated carbocycles. The van der Waals surface area contributed by atoms with Gasteiger partial charge in [-0.15, -0.1) is 0 Å². The van der Waals surface area contributed by atoms with Gasteiger partial charge >= 0.3 is 6.09 Å². The van der Waals surface area contributed by atoms with Gasteiger partial charge in [0.1, 0.15) is 17.5 Å². The molecule has 3 aromatic carbocycles. The summed E-state index contributed by atoms with van der Waals surface area (Å²) >= 11 is 0. The molecule has 2 heterocycles. The molecule has 6 nitrogen and oxygen atoms in total. The van der Waals surface area contributed by atoms with E-state index in [4.69, 9.17) is 4.74 Å². The SMILES string of the molecule is C[C@H](Nc1nccc(N2C(=O)OC(C)(C)[C@H]2c2ccccc2)n1)c1ccc2ccccc2c1. The predicted molar refractivity (Wildman–Crippen MR) is 130 cm³/mol. The van der Waals surface area contributed by atoms with Crippen LogP contribution in [0.15, 0.2) is 85.1 Å². The fourth-order valence-corrected chi connectivity index (χ4v) is 4.46. The molecule has 1 fully saturated rings. The first-order valence-corrected chi connectivity index (χ1v) is 11.1. The molecule has 1 N–H and O–H groups in total. The largest absolute Gasteiger partial charge is 0.440 e.